The lowest BCUT2D eigenvalue weighted by Crippen LogP contribution is -2.55. The van der Waals surface area contributed by atoms with Crippen molar-refractivity contribution >= 4 is 40.2 Å². The number of nitrogens with zero attached hydrogens (tertiary/aromatic N) is 1. The highest BCUT2D eigenvalue weighted by atomic mass is 16.6. The first-order valence-electron chi connectivity index (χ1n) is 23.7. The zero-order valence-corrected chi connectivity index (χ0v) is 38.2. The first-order chi connectivity index (χ1) is 30.4. The van der Waals surface area contributed by atoms with Gasteiger partial charge in [-0.3, -0.25) is 19.4 Å². The highest BCUT2D eigenvalue weighted by Crippen LogP contribution is 2.64. The van der Waals surface area contributed by atoms with Gasteiger partial charge in [0.1, 0.15) is 23.2 Å². The van der Waals surface area contributed by atoms with E-state index in [0.717, 1.165) is 120 Å². The van der Waals surface area contributed by atoms with Gasteiger partial charge >= 0.3 is 6.09 Å². The van der Waals surface area contributed by atoms with Crippen molar-refractivity contribution in [3.05, 3.63) is 82.2 Å². The van der Waals surface area contributed by atoms with Crippen LogP contribution in [0.4, 0.5) is 10.5 Å². The average Bonchev–Trinajstić information content (AvgIpc) is 3.61. The van der Waals surface area contributed by atoms with Crippen LogP contribution in [0.15, 0.2) is 69.6 Å². The minimum absolute atomic E-state index is 0.00400. The van der Waals surface area contributed by atoms with Gasteiger partial charge in [-0.05, 0) is 150 Å². The molecule has 5 aliphatic carbocycles. The Morgan fingerprint density at radius 3 is 2.43 bits per heavy atom. The monoisotopic (exact) mass is 854 g/mol. The number of amides is 2. The lowest BCUT2D eigenvalue weighted by Gasteiger charge is -2.56. The summed E-state index contributed by atoms with van der Waals surface area (Å²) in [6.07, 6.45) is 10.6. The van der Waals surface area contributed by atoms with Crippen molar-refractivity contribution in [2.45, 2.75) is 118 Å². The van der Waals surface area contributed by atoms with Crippen LogP contribution >= 0.6 is 0 Å². The summed E-state index contributed by atoms with van der Waals surface area (Å²) in [4.78, 5) is 57.3. The molecule has 1 heterocycles. The number of alkyl carbamates (subject to hydrolysis) is 1. The molecule has 2 aromatic rings. The normalized spacial score (nSPS) is 25.5. The number of ether oxygens (including phenoxy) is 1. The van der Waals surface area contributed by atoms with Crippen molar-refractivity contribution in [1.82, 2.24) is 10.6 Å². The van der Waals surface area contributed by atoms with Crippen molar-refractivity contribution < 1.29 is 28.3 Å². The molecule has 8 rings (SSSR count). The van der Waals surface area contributed by atoms with Crippen LogP contribution in [0, 0.1) is 48.9 Å². The Balaban J connectivity index is 0.879. The molecule has 63 heavy (non-hydrogen) atoms. The molecule has 0 aromatic heterocycles. The number of aryl methyl sites for hydroxylation is 2. The fourth-order valence-corrected chi connectivity index (χ4v) is 12.4. The van der Waals surface area contributed by atoms with Gasteiger partial charge in [0.25, 0.3) is 5.91 Å². The van der Waals surface area contributed by atoms with E-state index in [1.165, 1.54) is 5.57 Å². The number of unbranched alkanes of at least 4 members (excludes halogenated alkanes) is 3. The third-order valence-electron chi connectivity index (χ3n) is 15.2. The molecule has 3 fully saturated rings. The van der Waals surface area contributed by atoms with E-state index >= 15 is 0 Å². The van der Waals surface area contributed by atoms with Gasteiger partial charge in [-0.25, -0.2) is 4.79 Å². The number of hydrogen-bond donors (Lipinski definition) is 3. The molecule has 10 nitrogen and oxygen atoms in total. The fraction of sp³-hybridized carbons (Fsp3) is 0.528. The highest BCUT2D eigenvalue weighted by molar-refractivity contribution is 6.09. The first-order valence-corrected chi connectivity index (χ1v) is 23.7. The van der Waals surface area contributed by atoms with Crippen LogP contribution in [-0.2, 0) is 14.3 Å². The van der Waals surface area contributed by atoms with E-state index in [9.17, 15) is 19.2 Å². The van der Waals surface area contributed by atoms with Crippen molar-refractivity contribution in [1.29, 1.82) is 0 Å². The first kappa shape index (κ1) is 44.4. The maximum Gasteiger partial charge on any atom is 0.407 e. The number of rotatable bonds is 14. The van der Waals surface area contributed by atoms with Crippen LogP contribution in [-0.4, -0.2) is 55.8 Å². The smallest absolute Gasteiger partial charge is 0.407 e. The Labute approximate surface area is 372 Å². The van der Waals surface area contributed by atoms with Gasteiger partial charge < -0.3 is 25.1 Å². The molecule has 0 bridgehead atoms. The Morgan fingerprint density at radius 1 is 0.889 bits per heavy atom. The van der Waals surface area contributed by atoms with Crippen LogP contribution in [0.5, 0.6) is 0 Å². The van der Waals surface area contributed by atoms with E-state index in [-0.39, 0.29) is 52.8 Å². The molecule has 0 radical (unpaired) electrons. The van der Waals surface area contributed by atoms with Crippen LogP contribution in [0.1, 0.15) is 120 Å². The number of hydrogen-bond acceptors (Lipinski definition) is 8. The standard InChI is InChI=1S/C53H66N4O6/c1-7-54-44-28-46-40(25-31(44)3)49(41-26-32(4)45(55-8-2)29-47(41)62-46)37-15-11-12-16-38(37)51(60)56-23-13-9-10-14-24-57-52(61)63-48-30-53(6)42(33(5)58)21-22-43(53)39-19-17-34-27-35(59)18-20-36(34)50(39)48/h11-12,15-16,25-29,36,39,42-43,48,50,54H,7-10,13-14,17-24,30H2,1-6H3,(H,56,60)(H,57,61)/t36-,39-,42+,43-,48+,50+,53+/m0/s1. The minimum atomic E-state index is -0.389. The molecular formula is C53H66N4O6. The second kappa shape index (κ2) is 18.8. The van der Waals surface area contributed by atoms with Crippen LogP contribution in [0.2, 0.25) is 0 Å². The zero-order chi connectivity index (χ0) is 44.4. The van der Waals surface area contributed by atoms with Gasteiger partial charge in [-0.2, -0.15) is 0 Å². The molecule has 10 heteroatoms. The maximum absolute atomic E-state index is 14.0. The van der Waals surface area contributed by atoms with Gasteiger partial charge in [0.05, 0.1) is 5.36 Å². The average molecular weight is 855 g/mol. The number of benzene rings is 3. The molecule has 0 saturated heterocycles. The summed E-state index contributed by atoms with van der Waals surface area (Å²) in [5, 5.41) is 11.5. The Kier molecular flexibility index (Phi) is 13.3. The maximum atomic E-state index is 14.0. The molecule has 2 aromatic carbocycles. The number of fused-ring (bicyclic) bond motifs is 7. The topological polar surface area (TPSA) is 139 Å². The summed E-state index contributed by atoms with van der Waals surface area (Å²) in [6, 6.07) is 16.2. The Hall–Kier alpha value is -5.25. The van der Waals surface area contributed by atoms with Crippen molar-refractivity contribution in [2.24, 2.45) is 40.0 Å². The van der Waals surface area contributed by atoms with Crippen LogP contribution in [0.25, 0.3) is 33.4 Å². The summed E-state index contributed by atoms with van der Waals surface area (Å²) in [7, 11) is 0. The van der Waals surface area contributed by atoms with Crippen LogP contribution < -0.4 is 21.3 Å². The molecule has 3 saturated carbocycles. The molecule has 3 N–H and O–H groups in total. The zero-order valence-electron chi connectivity index (χ0n) is 38.2. The van der Waals surface area contributed by atoms with Gasteiger partial charge in [0.2, 0.25) is 0 Å². The van der Waals surface area contributed by atoms with Gasteiger partial charge in [0, 0.05) is 84.3 Å². The quantitative estimate of drug-likeness (QED) is 0.0848. The van der Waals surface area contributed by atoms with Gasteiger partial charge in [0.15, 0.2) is 5.78 Å². The second-order valence-electron chi connectivity index (χ2n) is 19.0. The number of carbonyl (C=O) groups excluding carboxylic acids is 4. The van der Waals surface area contributed by atoms with Crippen LogP contribution in [0.3, 0.4) is 0 Å². The molecule has 0 unspecified atom stereocenters. The summed E-state index contributed by atoms with van der Waals surface area (Å²) in [6.45, 7) is 14.7. The van der Waals surface area contributed by atoms with Gasteiger partial charge in [-0.15, -0.1) is 0 Å². The molecule has 334 valence electrons. The Bertz CT molecular complexity index is 2470. The molecule has 1 aliphatic heterocycles. The number of Topliss-reactive ketones (excluding diaryl/α,β-unsaturated/α-hetero) is 1. The number of carbonyl (C=O) groups is 4. The van der Waals surface area contributed by atoms with E-state index in [1.54, 1.807) is 6.92 Å². The van der Waals surface area contributed by atoms with E-state index in [0.29, 0.717) is 49.9 Å². The number of anilines is 1. The lowest BCUT2D eigenvalue weighted by molar-refractivity contribution is -0.135. The molecule has 6 aliphatic rings. The highest BCUT2D eigenvalue weighted by Gasteiger charge is 2.61. The number of nitrogens with one attached hydrogen (secondary N) is 3. The SMILES string of the molecule is CCN=c1cc2oc3cc(NCC)c(C)cc3c(-c3ccccc3C(=O)NCCCCCCNC(=O)O[C@@H]3C[C@]4(C)[C@@H](C(C)=O)CC[C@H]4[C@@H]4CCC5=CC(=O)CC[C@@H]5[C@H]43)c-2cc1C. The summed E-state index contributed by atoms with van der Waals surface area (Å²) >= 11 is 0. The second-order valence-corrected chi connectivity index (χ2v) is 19.0. The largest absolute Gasteiger partial charge is 0.456 e. The predicted octanol–water partition coefficient (Wildman–Crippen LogP) is 10.5. The number of allylic oxidation sites excluding steroid dienone is 1. The molecule has 2 amide bonds. The Morgan fingerprint density at radius 2 is 1.67 bits per heavy atom. The van der Waals surface area contributed by atoms with E-state index in [4.69, 9.17) is 14.1 Å². The molecular weight excluding hydrogens is 789 g/mol. The predicted molar refractivity (Wildman–Crippen MR) is 249 cm³/mol. The van der Waals surface area contributed by atoms with E-state index < -0.39 is 0 Å². The third-order valence-corrected chi connectivity index (χ3v) is 15.2. The third kappa shape index (κ3) is 8.84. The van der Waals surface area contributed by atoms with Gasteiger partial charge in [-0.1, -0.05) is 43.5 Å². The van der Waals surface area contributed by atoms with Crippen molar-refractivity contribution in [3.63, 3.8) is 0 Å². The van der Waals surface area contributed by atoms with Crippen molar-refractivity contribution in [3.8, 4) is 22.5 Å². The fourth-order valence-electron chi connectivity index (χ4n) is 12.4. The minimum Gasteiger partial charge on any atom is -0.456 e. The molecule has 0 spiro atoms. The lowest BCUT2D eigenvalue weighted by atomic mass is 9.50. The van der Waals surface area contributed by atoms with Crippen molar-refractivity contribution in [2.75, 3.05) is 31.5 Å². The van der Waals surface area contributed by atoms with E-state index in [2.05, 4.69) is 61.8 Å². The number of ketones is 2. The summed E-state index contributed by atoms with van der Waals surface area (Å²) in [5.74, 6) is 2.37. The molecule has 7 atom stereocenters. The summed E-state index contributed by atoms with van der Waals surface area (Å²) in [5.41, 5.74) is 8.32. The summed E-state index contributed by atoms with van der Waals surface area (Å²) < 4.78 is 12.9. The van der Waals surface area contributed by atoms with E-state index in [1.807, 2.05) is 43.3 Å².